The quantitative estimate of drug-likeness (QED) is 0.377. The van der Waals surface area contributed by atoms with E-state index in [-0.39, 0.29) is 53.4 Å². The highest BCUT2D eigenvalue weighted by Gasteiger charge is 2.67. The Hall–Kier alpha value is -1.70. The molecule has 1 aliphatic heterocycles. The van der Waals surface area contributed by atoms with Gasteiger partial charge in [0.15, 0.2) is 0 Å². The lowest BCUT2D eigenvalue weighted by Gasteiger charge is -2.37. The molecule has 0 radical (unpaired) electrons. The van der Waals surface area contributed by atoms with E-state index in [1.54, 1.807) is 4.90 Å². The molecule has 2 bridgehead atoms. The monoisotopic (exact) mass is 516 g/mol. The molecule has 0 aromatic heterocycles. The van der Waals surface area contributed by atoms with Crippen molar-refractivity contribution >= 4 is 46.0 Å². The lowest BCUT2D eigenvalue weighted by molar-refractivity contribution is -0.144. The Balaban J connectivity index is 1.11. The summed E-state index contributed by atoms with van der Waals surface area (Å²) < 4.78 is 1.13. The minimum Gasteiger partial charge on any atom is -0.326 e. The minimum atomic E-state index is -0.113. The maximum absolute atomic E-state index is 13.3. The number of hydrogen-bond acceptors (Lipinski definition) is 3. The Morgan fingerprint density at radius 1 is 0.900 bits per heavy atom. The predicted molar refractivity (Wildman–Crippen MR) is 120 cm³/mol. The zero-order valence-corrected chi connectivity index (χ0v) is 18.8. The van der Waals surface area contributed by atoms with Crippen molar-refractivity contribution < 1.29 is 14.4 Å². The van der Waals surface area contributed by atoms with E-state index in [4.69, 9.17) is 0 Å². The third kappa shape index (κ3) is 2.82. The molecule has 30 heavy (non-hydrogen) atoms. The molecule has 7 rings (SSSR count). The summed E-state index contributed by atoms with van der Waals surface area (Å²) in [5.41, 5.74) is 0.818. The average molecular weight is 516 g/mol. The second-order valence-electron chi connectivity index (χ2n) is 9.70. The van der Waals surface area contributed by atoms with Crippen LogP contribution in [0.5, 0.6) is 0 Å². The van der Waals surface area contributed by atoms with Crippen molar-refractivity contribution in [2.24, 2.45) is 41.4 Å². The number of carbonyl (C=O) groups excluding carboxylic acids is 3. The maximum atomic E-state index is 13.3. The van der Waals surface area contributed by atoms with Crippen LogP contribution in [0.15, 0.2) is 36.4 Å². The van der Waals surface area contributed by atoms with Gasteiger partial charge in [-0.2, -0.15) is 0 Å². The number of likely N-dealkylation sites (tertiary alicyclic amines) is 1. The molecule has 5 aliphatic carbocycles. The predicted octanol–water partition coefficient (Wildman–Crippen LogP) is 3.84. The van der Waals surface area contributed by atoms with Gasteiger partial charge in [0.1, 0.15) is 0 Å². The van der Waals surface area contributed by atoms with Gasteiger partial charge < -0.3 is 5.32 Å². The van der Waals surface area contributed by atoms with E-state index in [1.165, 1.54) is 6.42 Å². The van der Waals surface area contributed by atoms with Crippen LogP contribution >= 0.6 is 22.6 Å². The summed E-state index contributed by atoms with van der Waals surface area (Å²) >= 11 is 2.24. The topological polar surface area (TPSA) is 66.5 Å². The van der Waals surface area contributed by atoms with E-state index in [0.29, 0.717) is 11.8 Å². The maximum Gasteiger partial charge on any atom is 0.233 e. The fraction of sp³-hybridized carbons (Fsp3) is 0.542. The molecule has 0 unspecified atom stereocenters. The van der Waals surface area contributed by atoms with Crippen molar-refractivity contribution in [1.82, 2.24) is 4.90 Å². The summed E-state index contributed by atoms with van der Waals surface area (Å²) in [5.74, 6) is 1.74. The van der Waals surface area contributed by atoms with Crippen LogP contribution in [0.2, 0.25) is 0 Å². The Morgan fingerprint density at radius 3 is 2.03 bits per heavy atom. The summed E-state index contributed by atoms with van der Waals surface area (Å²) in [6.07, 6.45) is 8.56. The van der Waals surface area contributed by atoms with Gasteiger partial charge in [-0.15, -0.1) is 0 Å². The van der Waals surface area contributed by atoms with Crippen LogP contribution in [0.25, 0.3) is 0 Å². The molecule has 3 amide bonds. The number of nitrogens with zero attached hydrogens (tertiary/aromatic N) is 1. The molecular weight excluding hydrogens is 491 g/mol. The van der Waals surface area contributed by atoms with Gasteiger partial charge in [-0.1, -0.05) is 12.2 Å². The Kier molecular flexibility index (Phi) is 4.38. The van der Waals surface area contributed by atoms with Crippen LogP contribution in [-0.2, 0) is 14.4 Å². The molecule has 1 saturated heterocycles. The first-order valence-corrected chi connectivity index (χ1v) is 12.2. The summed E-state index contributed by atoms with van der Waals surface area (Å²) in [5, 5.41) is 3.01. The van der Waals surface area contributed by atoms with Crippen LogP contribution < -0.4 is 5.32 Å². The number of benzene rings is 1. The Morgan fingerprint density at radius 2 is 1.47 bits per heavy atom. The van der Waals surface area contributed by atoms with Crippen LogP contribution in [0.1, 0.15) is 32.1 Å². The lowest BCUT2D eigenvalue weighted by atomic mass is 9.63. The average Bonchev–Trinajstić information content (AvgIpc) is 3.53. The second kappa shape index (κ2) is 6.90. The molecule has 5 nitrogen and oxygen atoms in total. The van der Waals surface area contributed by atoms with Crippen LogP contribution in [0.4, 0.5) is 5.69 Å². The molecule has 3 saturated carbocycles. The van der Waals surface area contributed by atoms with Crippen molar-refractivity contribution in [3.05, 3.63) is 40.0 Å². The van der Waals surface area contributed by atoms with Gasteiger partial charge in [-0.3, -0.25) is 19.3 Å². The van der Waals surface area contributed by atoms with Gasteiger partial charge in [0.05, 0.1) is 11.8 Å². The van der Waals surface area contributed by atoms with Crippen molar-refractivity contribution in [2.45, 2.75) is 38.1 Å². The van der Waals surface area contributed by atoms with Gasteiger partial charge in [-0.05, 0) is 103 Å². The number of anilines is 1. The van der Waals surface area contributed by atoms with E-state index in [9.17, 15) is 14.4 Å². The van der Waals surface area contributed by atoms with Gasteiger partial charge in [-0.25, -0.2) is 0 Å². The third-order valence-corrected chi connectivity index (χ3v) is 8.96. The molecule has 1 aromatic rings. The normalized spacial score (nSPS) is 40.9. The molecule has 4 fully saturated rings. The first-order chi connectivity index (χ1) is 14.5. The molecule has 6 heteroatoms. The standard InChI is InChI=1S/C24H25IN2O3/c25-13-3-5-14(6-4-13)26-22(28)12-1-7-15(8-2-12)27-23(29)20-16-9-10-17(19-11-18(16)19)21(20)24(27)30/h3-6,9-10,12,15-21H,1-2,7-8,11H2,(H,26,28)/t12?,15?,16-,17-,18-,19+,20+,21-/m1/s1. The summed E-state index contributed by atoms with van der Waals surface area (Å²) in [6, 6.07) is 7.75. The Bertz CT molecular complexity index is 914. The molecule has 0 spiro atoms. The zero-order valence-electron chi connectivity index (χ0n) is 16.7. The first-order valence-electron chi connectivity index (χ1n) is 11.1. The third-order valence-electron chi connectivity index (χ3n) is 8.24. The summed E-state index contributed by atoms with van der Waals surface area (Å²) in [7, 11) is 0. The number of rotatable bonds is 3. The minimum absolute atomic E-state index is 0.0336. The molecule has 6 atom stereocenters. The molecule has 1 aromatic carbocycles. The van der Waals surface area contributed by atoms with Crippen molar-refractivity contribution in [3.8, 4) is 0 Å². The SMILES string of the molecule is O=C(Nc1ccc(I)cc1)C1CCC(N2C(=O)[C@@H]3[C@@H]4C=C[C@H]([C@H]5C[C@@H]45)[C@@H]3C2=O)CC1. The number of halogens is 1. The molecule has 6 aliphatic rings. The number of nitrogens with one attached hydrogen (secondary N) is 1. The van der Waals surface area contributed by atoms with Crippen LogP contribution in [-0.4, -0.2) is 28.7 Å². The zero-order chi connectivity index (χ0) is 20.6. The van der Waals surface area contributed by atoms with E-state index < -0.39 is 0 Å². The van der Waals surface area contributed by atoms with E-state index in [0.717, 1.165) is 34.9 Å². The number of imide groups is 1. The van der Waals surface area contributed by atoms with Crippen LogP contribution in [0.3, 0.4) is 0 Å². The number of amides is 3. The fourth-order valence-electron chi connectivity index (χ4n) is 6.71. The van der Waals surface area contributed by atoms with Gasteiger partial charge >= 0.3 is 0 Å². The molecule has 156 valence electrons. The van der Waals surface area contributed by atoms with E-state index in [1.807, 2.05) is 24.3 Å². The van der Waals surface area contributed by atoms with Gasteiger partial charge in [0.25, 0.3) is 0 Å². The van der Waals surface area contributed by atoms with Gasteiger partial charge in [0.2, 0.25) is 17.7 Å². The van der Waals surface area contributed by atoms with E-state index in [2.05, 4.69) is 40.1 Å². The summed E-state index contributed by atoms with van der Waals surface area (Å²) in [6.45, 7) is 0. The highest BCUT2D eigenvalue weighted by Crippen LogP contribution is 2.65. The van der Waals surface area contributed by atoms with Crippen LogP contribution in [0, 0.1) is 45.0 Å². The highest BCUT2D eigenvalue weighted by molar-refractivity contribution is 14.1. The first kappa shape index (κ1) is 19.0. The summed E-state index contributed by atoms with van der Waals surface area (Å²) in [4.78, 5) is 40.9. The van der Waals surface area contributed by atoms with E-state index >= 15 is 0 Å². The van der Waals surface area contributed by atoms with Crippen molar-refractivity contribution in [2.75, 3.05) is 5.32 Å². The second-order valence-corrected chi connectivity index (χ2v) is 10.9. The number of allylic oxidation sites excluding steroid dienone is 2. The van der Waals surface area contributed by atoms with Crippen molar-refractivity contribution in [3.63, 3.8) is 0 Å². The molecular formula is C24H25IN2O3. The van der Waals surface area contributed by atoms with Gasteiger partial charge in [0, 0.05) is 21.2 Å². The lowest BCUT2D eigenvalue weighted by Crippen LogP contribution is -2.44. The number of hydrogen-bond donors (Lipinski definition) is 1. The smallest absolute Gasteiger partial charge is 0.233 e. The fourth-order valence-corrected chi connectivity index (χ4v) is 7.07. The Labute approximate surface area is 189 Å². The van der Waals surface area contributed by atoms with Crippen molar-refractivity contribution in [1.29, 1.82) is 0 Å². The highest BCUT2D eigenvalue weighted by atomic mass is 127. The molecule has 1 heterocycles. The number of carbonyl (C=O) groups is 3. The molecule has 1 N–H and O–H groups in total. The largest absolute Gasteiger partial charge is 0.326 e.